The predicted molar refractivity (Wildman–Crippen MR) is 82.3 cm³/mol. The Morgan fingerprint density at radius 1 is 1.10 bits per heavy atom. The van der Waals surface area contributed by atoms with Crippen molar-refractivity contribution in [3.05, 3.63) is 29.8 Å². The van der Waals surface area contributed by atoms with Crippen LogP contribution in [-0.4, -0.2) is 43.0 Å². The van der Waals surface area contributed by atoms with Gasteiger partial charge in [0.05, 0.1) is 5.56 Å². The number of carbonyl (C=O) groups excluding carboxylic acids is 2. The number of urea groups is 1. The molecule has 0 bridgehead atoms. The molecule has 0 radical (unpaired) electrons. The van der Waals surface area contributed by atoms with Crippen molar-refractivity contribution in [1.82, 2.24) is 15.5 Å². The van der Waals surface area contributed by atoms with Crippen LogP contribution in [0.1, 0.15) is 24.2 Å². The zero-order valence-electron chi connectivity index (χ0n) is 11.8. The van der Waals surface area contributed by atoms with Crippen molar-refractivity contribution in [3.63, 3.8) is 0 Å². The summed E-state index contributed by atoms with van der Waals surface area (Å²) in [7, 11) is 0. The van der Waals surface area contributed by atoms with Gasteiger partial charge in [0.1, 0.15) is 0 Å². The predicted octanol–water partition coefficient (Wildman–Crippen LogP) is 1.76. The van der Waals surface area contributed by atoms with E-state index in [2.05, 4.69) is 23.3 Å². The van der Waals surface area contributed by atoms with Gasteiger partial charge in [0, 0.05) is 31.1 Å². The van der Waals surface area contributed by atoms with Crippen molar-refractivity contribution in [1.29, 1.82) is 0 Å². The SMILES string of the molecule is CCN(CC)C(=O)NCCNC(=O)c1ccccc1S. The van der Waals surface area contributed by atoms with Gasteiger partial charge in [-0.05, 0) is 26.0 Å². The Labute approximate surface area is 125 Å². The van der Waals surface area contributed by atoms with Crippen LogP contribution in [0.3, 0.4) is 0 Å². The number of hydrogen-bond donors (Lipinski definition) is 3. The molecule has 0 heterocycles. The van der Waals surface area contributed by atoms with Gasteiger partial charge >= 0.3 is 6.03 Å². The van der Waals surface area contributed by atoms with E-state index in [0.717, 1.165) is 0 Å². The number of hydrogen-bond acceptors (Lipinski definition) is 3. The standard InChI is InChI=1S/C14H21N3O2S/c1-3-17(4-2)14(19)16-10-9-15-13(18)11-7-5-6-8-12(11)20/h5-8,20H,3-4,9-10H2,1-2H3,(H,15,18)(H,16,19). The van der Waals surface area contributed by atoms with Gasteiger partial charge in [-0.1, -0.05) is 12.1 Å². The fraction of sp³-hybridized carbons (Fsp3) is 0.429. The van der Waals surface area contributed by atoms with Gasteiger partial charge in [0.2, 0.25) is 0 Å². The van der Waals surface area contributed by atoms with E-state index < -0.39 is 0 Å². The van der Waals surface area contributed by atoms with Gasteiger partial charge in [0.15, 0.2) is 0 Å². The second-order valence-corrected chi connectivity index (χ2v) is 4.66. The summed E-state index contributed by atoms with van der Waals surface area (Å²) in [6.45, 7) is 5.97. The zero-order chi connectivity index (χ0) is 15.0. The average molecular weight is 295 g/mol. The molecular formula is C14H21N3O2S. The maximum Gasteiger partial charge on any atom is 0.317 e. The number of benzene rings is 1. The van der Waals surface area contributed by atoms with E-state index in [4.69, 9.17) is 0 Å². The van der Waals surface area contributed by atoms with Crippen LogP contribution in [0, 0.1) is 0 Å². The summed E-state index contributed by atoms with van der Waals surface area (Å²) in [5, 5.41) is 5.51. The number of carbonyl (C=O) groups is 2. The number of amides is 3. The Morgan fingerprint density at radius 3 is 2.30 bits per heavy atom. The van der Waals surface area contributed by atoms with Gasteiger partial charge in [-0.15, -0.1) is 12.6 Å². The second-order valence-electron chi connectivity index (χ2n) is 4.18. The fourth-order valence-electron chi connectivity index (χ4n) is 1.73. The lowest BCUT2D eigenvalue weighted by Crippen LogP contribution is -2.42. The first-order valence-corrected chi connectivity index (χ1v) is 7.13. The van der Waals surface area contributed by atoms with E-state index in [1.165, 1.54) is 0 Å². The summed E-state index contributed by atoms with van der Waals surface area (Å²) in [6, 6.07) is 6.98. The van der Waals surface area contributed by atoms with Crippen LogP contribution in [0.5, 0.6) is 0 Å². The maximum absolute atomic E-state index is 11.9. The molecule has 1 aromatic rings. The third kappa shape index (κ3) is 4.77. The van der Waals surface area contributed by atoms with Crippen LogP contribution in [0.4, 0.5) is 4.79 Å². The first-order chi connectivity index (χ1) is 9.60. The molecule has 0 aliphatic heterocycles. The third-order valence-corrected chi connectivity index (χ3v) is 3.28. The molecule has 110 valence electrons. The van der Waals surface area contributed by atoms with Crippen molar-refractivity contribution in [3.8, 4) is 0 Å². The van der Waals surface area contributed by atoms with Crippen LogP contribution < -0.4 is 10.6 Å². The molecule has 6 heteroatoms. The average Bonchev–Trinajstić information content (AvgIpc) is 2.45. The minimum absolute atomic E-state index is 0.112. The van der Waals surface area contributed by atoms with Gasteiger partial charge < -0.3 is 15.5 Å². The molecule has 0 fully saturated rings. The smallest absolute Gasteiger partial charge is 0.317 e. The number of thiol groups is 1. The van der Waals surface area contributed by atoms with Crippen LogP contribution in [0.25, 0.3) is 0 Å². The van der Waals surface area contributed by atoms with Crippen LogP contribution in [0.2, 0.25) is 0 Å². The second kappa shape index (κ2) is 8.47. The summed E-state index contributed by atoms with van der Waals surface area (Å²) in [6.07, 6.45) is 0. The topological polar surface area (TPSA) is 61.4 Å². The van der Waals surface area contributed by atoms with Crippen molar-refractivity contribution in [2.75, 3.05) is 26.2 Å². The molecule has 1 rings (SSSR count). The molecule has 0 saturated carbocycles. The number of nitrogens with zero attached hydrogens (tertiary/aromatic N) is 1. The Kier molecular flexibility index (Phi) is 6.93. The van der Waals surface area contributed by atoms with E-state index >= 15 is 0 Å². The zero-order valence-corrected chi connectivity index (χ0v) is 12.7. The van der Waals surface area contributed by atoms with E-state index in [-0.39, 0.29) is 11.9 Å². The lowest BCUT2D eigenvalue weighted by atomic mass is 10.2. The molecule has 0 unspecified atom stereocenters. The Hall–Kier alpha value is -1.69. The summed E-state index contributed by atoms with van der Waals surface area (Å²) in [5.74, 6) is -0.187. The van der Waals surface area contributed by atoms with Gasteiger partial charge in [-0.2, -0.15) is 0 Å². The Bertz CT molecular complexity index is 461. The molecule has 0 atom stereocenters. The highest BCUT2D eigenvalue weighted by Crippen LogP contribution is 2.12. The molecule has 0 aliphatic rings. The van der Waals surface area contributed by atoms with Crippen molar-refractivity contribution < 1.29 is 9.59 Å². The summed E-state index contributed by atoms with van der Waals surface area (Å²) >= 11 is 4.23. The highest BCUT2D eigenvalue weighted by atomic mass is 32.1. The molecule has 3 amide bonds. The van der Waals surface area contributed by atoms with E-state index in [9.17, 15) is 9.59 Å². The fourth-order valence-corrected chi connectivity index (χ4v) is 1.99. The summed E-state index contributed by atoms with van der Waals surface area (Å²) in [4.78, 5) is 25.9. The molecule has 0 spiro atoms. The van der Waals surface area contributed by atoms with Crippen molar-refractivity contribution in [2.45, 2.75) is 18.7 Å². The molecule has 0 aliphatic carbocycles. The van der Waals surface area contributed by atoms with E-state index in [1.54, 1.807) is 23.1 Å². The number of rotatable bonds is 6. The molecule has 0 aromatic heterocycles. The normalized spacial score (nSPS) is 9.95. The van der Waals surface area contributed by atoms with Crippen LogP contribution >= 0.6 is 12.6 Å². The van der Waals surface area contributed by atoms with Crippen LogP contribution in [-0.2, 0) is 0 Å². The molecule has 0 saturated heterocycles. The first kappa shape index (κ1) is 16.4. The largest absolute Gasteiger partial charge is 0.350 e. The van der Waals surface area contributed by atoms with Crippen molar-refractivity contribution in [2.24, 2.45) is 0 Å². The van der Waals surface area contributed by atoms with Gasteiger partial charge in [-0.25, -0.2) is 4.79 Å². The third-order valence-electron chi connectivity index (χ3n) is 2.89. The van der Waals surface area contributed by atoms with Crippen LogP contribution in [0.15, 0.2) is 29.2 Å². The lowest BCUT2D eigenvalue weighted by Gasteiger charge is -2.19. The van der Waals surface area contributed by atoms with Crippen molar-refractivity contribution >= 4 is 24.6 Å². The highest BCUT2D eigenvalue weighted by Gasteiger charge is 2.09. The first-order valence-electron chi connectivity index (χ1n) is 6.69. The van der Waals surface area contributed by atoms with E-state index in [0.29, 0.717) is 36.6 Å². The Balaban J connectivity index is 2.33. The minimum atomic E-state index is -0.187. The van der Waals surface area contributed by atoms with Gasteiger partial charge in [0.25, 0.3) is 5.91 Å². The van der Waals surface area contributed by atoms with Gasteiger partial charge in [-0.3, -0.25) is 4.79 Å². The maximum atomic E-state index is 11.9. The molecule has 5 nitrogen and oxygen atoms in total. The molecule has 2 N–H and O–H groups in total. The quantitative estimate of drug-likeness (QED) is 0.553. The Morgan fingerprint density at radius 2 is 1.70 bits per heavy atom. The highest BCUT2D eigenvalue weighted by molar-refractivity contribution is 7.80. The molecule has 20 heavy (non-hydrogen) atoms. The summed E-state index contributed by atoms with van der Waals surface area (Å²) in [5.41, 5.74) is 0.533. The number of nitrogens with one attached hydrogen (secondary N) is 2. The molecule has 1 aromatic carbocycles. The lowest BCUT2D eigenvalue weighted by molar-refractivity contribution is 0.0950. The van der Waals surface area contributed by atoms with E-state index in [1.807, 2.05) is 19.9 Å². The minimum Gasteiger partial charge on any atom is -0.350 e. The monoisotopic (exact) mass is 295 g/mol. The molecular weight excluding hydrogens is 274 g/mol. The summed E-state index contributed by atoms with van der Waals surface area (Å²) < 4.78 is 0.